The number of para-hydroxylation sites is 1. The Labute approximate surface area is 114 Å². The van der Waals surface area contributed by atoms with E-state index in [-0.39, 0.29) is 0 Å². The third-order valence-corrected chi connectivity index (χ3v) is 2.91. The number of hydrogen-bond acceptors (Lipinski definition) is 2. The van der Waals surface area contributed by atoms with Gasteiger partial charge in [-0.3, -0.25) is 0 Å². The standard InChI is InChI=1S/C15H14F3NO/c16-15(17,18)14(20)13(11-7-3-1-4-8-11)19-12-9-5-2-6-10-12/h1-10,13-14,19-20H. The molecule has 2 unspecified atom stereocenters. The van der Waals surface area contributed by atoms with Crippen LogP contribution in [0.15, 0.2) is 60.7 Å². The molecule has 0 radical (unpaired) electrons. The van der Waals surface area contributed by atoms with Crippen LogP contribution < -0.4 is 5.32 Å². The number of rotatable bonds is 4. The number of nitrogens with one attached hydrogen (secondary N) is 1. The predicted molar refractivity (Wildman–Crippen MR) is 71.3 cm³/mol. The number of anilines is 1. The number of benzene rings is 2. The van der Waals surface area contributed by atoms with Crippen LogP contribution in [-0.2, 0) is 0 Å². The molecule has 0 bridgehead atoms. The summed E-state index contributed by atoms with van der Waals surface area (Å²) in [6.07, 6.45) is -7.17. The average molecular weight is 281 g/mol. The van der Waals surface area contributed by atoms with E-state index in [0.29, 0.717) is 11.3 Å². The molecule has 2 nitrogen and oxygen atoms in total. The number of aliphatic hydroxyl groups excluding tert-OH is 1. The number of halogens is 3. The van der Waals surface area contributed by atoms with Crippen molar-refractivity contribution in [3.05, 3.63) is 66.2 Å². The zero-order valence-electron chi connectivity index (χ0n) is 10.5. The third-order valence-electron chi connectivity index (χ3n) is 2.91. The van der Waals surface area contributed by atoms with E-state index in [4.69, 9.17) is 0 Å². The molecule has 0 spiro atoms. The molecular weight excluding hydrogens is 267 g/mol. The molecule has 2 aromatic rings. The highest BCUT2D eigenvalue weighted by atomic mass is 19.4. The van der Waals surface area contributed by atoms with E-state index in [9.17, 15) is 18.3 Å². The lowest BCUT2D eigenvalue weighted by molar-refractivity contribution is -0.208. The molecule has 2 aromatic carbocycles. The van der Waals surface area contributed by atoms with Gasteiger partial charge >= 0.3 is 6.18 Å². The van der Waals surface area contributed by atoms with E-state index in [1.807, 2.05) is 0 Å². The second kappa shape index (κ2) is 5.96. The van der Waals surface area contributed by atoms with Crippen molar-refractivity contribution in [2.24, 2.45) is 0 Å². The summed E-state index contributed by atoms with van der Waals surface area (Å²) in [7, 11) is 0. The van der Waals surface area contributed by atoms with Gasteiger partial charge in [0.1, 0.15) is 0 Å². The lowest BCUT2D eigenvalue weighted by atomic mass is 10.0. The van der Waals surface area contributed by atoms with Gasteiger partial charge in [-0.25, -0.2) is 0 Å². The number of aliphatic hydroxyl groups is 1. The Morgan fingerprint density at radius 1 is 0.850 bits per heavy atom. The first kappa shape index (κ1) is 14.4. The second-order valence-electron chi connectivity index (χ2n) is 4.39. The fraction of sp³-hybridized carbons (Fsp3) is 0.200. The first-order valence-corrected chi connectivity index (χ1v) is 6.10. The summed E-state index contributed by atoms with van der Waals surface area (Å²) in [5, 5.41) is 12.3. The van der Waals surface area contributed by atoms with Crippen LogP contribution in [0.3, 0.4) is 0 Å². The normalized spacial score (nSPS) is 14.6. The minimum atomic E-state index is -4.69. The van der Waals surface area contributed by atoms with Gasteiger partial charge in [0.25, 0.3) is 0 Å². The highest BCUT2D eigenvalue weighted by Crippen LogP contribution is 2.32. The Hall–Kier alpha value is -2.01. The summed E-state index contributed by atoms with van der Waals surface area (Å²) in [5.74, 6) is 0. The molecule has 2 rings (SSSR count). The predicted octanol–water partition coefficient (Wildman–Crippen LogP) is 3.76. The van der Waals surface area contributed by atoms with E-state index in [0.717, 1.165) is 0 Å². The summed E-state index contributed by atoms with van der Waals surface area (Å²) in [6.45, 7) is 0. The summed E-state index contributed by atoms with van der Waals surface area (Å²) in [6, 6.07) is 15.3. The maximum absolute atomic E-state index is 12.8. The first-order chi connectivity index (χ1) is 9.48. The van der Waals surface area contributed by atoms with Gasteiger partial charge in [-0.1, -0.05) is 48.5 Å². The zero-order chi connectivity index (χ0) is 14.6. The molecule has 0 aliphatic heterocycles. The van der Waals surface area contributed by atoms with Crippen LogP contribution in [-0.4, -0.2) is 17.4 Å². The molecule has 0 saturated heterocycles. The third kappa shape index (κ3) is 3.51. The second-order valence-corrected chi connectivity index (χ2v) is 4.39. The minimum Gasteiger partial charge on any atom is -0.381 e. The molecular formula is C15H14F3NO. The quantitative estimate of drug-likeness (QED) is 0.894. The summed E-state index contributed by atoms with van der Waals surface area (Å²) >= 11 is 0. The van der Waals surface area contributed by atoms with Crippen molar-refractivity contribution in [2.45, 2.75) is 18.3 Å². The molecule has 0 aliphatic rings. The Kier molecular flexibility index (Phi) is 4.29. The van der Waals surface area contributed by atoms with Gasteiger partial charge in [-0.2, -0.15) is 13.2 Å². The van der Waals surface area contributed by atoms with Crippen LogP contribution >= 0.6 is 0 Å². The van der Waals surface area contributed by atoms with Crippen molar-refractivity contribution in [3.63, 3.8) is 0 Å². The van der Waals surface area contributed by atoms with Crippen LogP contribution in [0.2, 0.25) is 0 Å². The van der Waals surface area contributed by atoms with E-state index in [2.05, 4.69) is 5.32 Å². The molecule has 5 heteroatoms. The van der Waals surface area contributed by atoms with Crippen molar-refractivity contribution < 1.29 is 18.3 Å². The molecule has 0 aliphatic carbocycles. The van der Waals surface area contributed by atoms with Gasteiger partial charge in [0.05, 0.1) is 6.04 Å². The Bertz CT molecular complexity index is 528. The van der Waals surface area contributed by atoms with Crippen molar-refractivity contribution in [3.8, 4) is 0 Å². The topological polar surface area (TPSA) is 32.3 Å². The maximum atomic E-state index is 12.8. The van der Waals surface area contributed by atoms with Gasteiger partial charge in [-0.15, -0.1) is 0 Å². The fourth-order valence-corrected chi connectivity index (χ4v) is 1.91. The molecule has 20 heavy (non-hydrogen) atoms. The van der Waals surface area contributed by atoms with Crippen molar-refractivity contribution in [2.75, 3.05) is 5.32 Å². The van der Waals surface area contributed by atoms with E-state index in [1.165, 1.54) is 0 Å². The lowest BCUT2D eigenvalue weighted by Crippen LogP contribution is -2.38. The van der Waals surface area contributed by atoms with Gasteiger partial charge in [-0.05, 0) is 17.7 Å². The number of hydrogen-bond donors (Lipinski definition) is 2. The maximum Gasteiger partial charge on any atom is 0.416 e. The molecule has 106 valence electrons. The summed E-state index contributed by atoms with van der Waals surface area (Å²) in [5.41, 5.74) is 0.894. The first-order valence-electron chi connectivity index (χ1n) is 6.10. The Morgan fingerprint density at radius 2 is 1.35 bits per heavy atom. The number of alkyl halides is 3. The molecule has 0 fully saturated rings. The van der Waals surface area contributed by atoms with Crippen LogP contribution in [0.5, 0.6) is 0 Å². The van der Waals surface area contributed by atoms with E-state index in [1.54, 1.807) is 60.7 Å². The lowest BCUT2D eigenvalue weighted by Gasteiger charge is -2.27. The van der Waals surface area contributed by atoms with Crippen LogP contribution in [0.4, 0.5) is 18.9 Å². The van der Waals surface area contributed by atoms with Crippen LogP contribution in [0, 0.1) is 0 Å². The van der Waals surface area contributed by atoms with E-state index >= 15 is 0 Å². The van der Waals surface area contributed by atoms with Gasteiger partial charge in [0.2, 0.25) is 0 Å². The fourth-order valence-electron chi connectivity index (χ4n) is 1.91. The highest BCUT2D eigenvalue weighted by molar-refractivity contribution is 5.45. The van der Waals surface area contributed by atoms with Crippen molar-refractivity contribution in [1.82, 2.24) is 0 Å². The van der Waals surface area contributed by atoms with Crippen molar-refractivity contribution in [1.29, 1.82) is 0 Å². The average Bonchev–Trinajstić information content (AvgIpc) is 2.45. The summed E-state index contributed by atoms with van der Waals surface area (Å²) in [4.78, 5) is 0. The van der Waals surface area contributed by atoms with Crippen LogP contribution in [0.25, 0.3) is 0 Å². The molecule has 0 saturated carbocycles. The summed E-state index contributed by atoms with van der Waals surface area (Å²) < 4.78 is 38.4. The Morgan fingerprint density at radius 3 is 1.85 bits per heavy atom. The zero-order valence-corrected chi connectivity index (χ0v) is 10.5. The minimum absolute atomic E-state index is 0.376. The van der Waals surface area contributed by atoms with E-state index < -0.39 is 18.3 Å². The molecule has 2 N–H and O–H groups in total. The molecule has 0 amide bonds. The van der Waals surface area contributed by atoms with Gasteiger partial charge in [0.15, 0.2) is 6.10 Å². The molecule has 2 atom stereocenters. The molecule has 0 heterocycles. The largest absolute Gasteiger partial charge is 0.416 e. The van der Waals surface area contributed by atoms with Crippen LogP contribution in [0.1, 0.15) is 11.6 Å². The van der Waals surface area contributed by atoms with Crippen molar-refractivity contribution >= 4 is 5.69 Å². The Balaban J connectivity index is 2.30. The molecule has 0 aromatic heterocycles. The highest BCUT2D eigenvalue weighted by Gasteiger charge is 2.44. The monoisotopic (exact) mass is 281 g/mol. The SMILES string of the molecule is OC(C(Nc1ccccc1)c1ccccc1)C(F)(F)F. The van der Waals surface area contributed by atoms with Gasteiger partial charge in [0, 0.05) is 5.69 Å². The smallest absolute Gasteiger partial charge is 0.381 e. The van der Waals surface area contributed by atoms with Gasteiger partial charge < -0.3 is 10.4 Å².